The molecule has 1 nitrogen and oxygen atoms in total. The van der Waals surface area contributed by atoms with Gasteiger partial charge in [0.15, 0.2) is 0 Å². The molecule has 88 valence electrons. The molecule has 1 rings (SSSR count). The fourth-order valence-corrected chi connectivity index (χ4v) is 1.54. The highest BCUT2D eigenvalue weighted by Gasteiger charge is 2.12. The quantitative estimate of drug-likeness (QED) is 0.748. The van der Waals surface area contributed by atoms with Gasteiger partial charge in [0.25, 0.3) is 0 Å². The van der Waals surface area contributed by atoms with Gasteiger partial charge in [-0.15, -0.1) is 0 Å². The minimum Gasteiger partial charge on any atom is -0.299 e. The number of benzene rings is 1. The second-order valence-corrected chi connectivity index (χ2v) is 5.76. The van der Waals surface area contributed by atoms with Crippen LogP contribution in [0.3, 0.4) is 0 Å². The number of carbonyl (C=O) groups is 1. The van der Waals surface area contributed by atoms with Crippen LogP contribution in [-0.2, 0) is 11.2 Å². The molecule has 0 heterocycles. The van der Waals surface area contributed by atoms with E-state index in [2.05, 4.69) is 39.8 Å². The Labute approximate surface area is 98.9 Å². The zero-order chi connectivity index (χ0) is 12.2. The van der Waals surface area contributed by atoms with Crippen molar-refractivity contribution in [1.82, 2.24) is 0 Å². The van der Waals surface area contributed by atoms with Crippen molar-refractivity contribution in [3.05, 3.63) is 35.4 Å². The Morgan fingerprint density at radius 3 is 2.19 bits per heavy atom. The Bertz CT molecular complexity index is 341. The molecule has 0 bridgehead atoms. The summed E-state index contributed by atoms with van der Waals surface area (Å²) in [7, 11) is 0. The summed E-state index contributed by atoms with van der Waals surface area (Å²) in [6.45, 7) is 8.58. The fraction of sp³-hybridized carbons (Fsp3) is 0.533. The van der Waals surface area contributed by atoms with Crippen molar-refractivity contribution in [1.29, 1.82) is 0 Å². The lowest BCUT2D eigenvalue weighted by Gasteiger charge is -2.16. The van der Waals surface area contributed by atoms with E-state index in [1.807, 2.05) is 12.1 Å². The number of Topliss-reactive ketones (excluding diaryl/α,β-unsaturated/α-hetero) is 1. The summed E-state index contributed by atoms with van der Waals surface area (Å²) in [5.74, 6) is 0.346. The molecule has 0 aliphatic rings. The average Bonchev–Trinajstić information content (AvgIpc) is 2.18. The van der Waals surface area contributed by atoms with Crippen molar-refractivity contribution in [2.45, 2.75) is 47.0 Å². The van der Waals surface area contributed by atoms with Gasteiger partial charge in [0.1, 0.15) is 5.78 Å². The summed E-state index contributed by atoms with van der Waals surface area (Å²) in [5, 5.41) is 0. The molecule has 0 aliphatic heterocycles. The first-order valence-electron chi connectivity index (χ1n) is 5.94. The summed E-state index contributed by atoms with van der Waals surface area (Å²) in [5.41, 5.74) is 2.62. The number of ketones is 1. The number of aryl methyl sites for hydroxylation is 1. The molecule has 0 aliphatic carbocycles. The average molecular weight is 218 g/mol. The van der Waals surface area contributed by atoms with Gasteiger partial charge < -0.3 is 0 Å². The maximum absolute atomic E-state index is 11.7. The van der Waals surface area contributed by atoms with E-state index in [1.54, 1.807) is 0 Å². The second-order valence-electron chi connectivity index (χ2n) is 5.76. The summed E-state index contributed by atoms with van der Waals surface area (Å²) in [6.07, 6.45) is 2.24. The predicted octanol–water partition coefficient (Wildman–Crippen LogP) is 3.93. The molecule has 1 heteroatoms. The molecule has 1 aromatic rings. The van der Waals surface area contributed by atoms with E-state index >= 15 is 0 Å². The third-order valence-corrected chi connectivity index (χ3v) is 2.68. The molecular formula is C15H22O. The van der Waals surface area contributed by atoms with Gasteiger partial charge >= 0.3 is 0 Å². The van der Waals surface area contributed by atoms with Crippen LogP contribution >= 0.6 is 0 Å². The lowest BCUT2D eigenvalue weighted by molar-refractivity contribution is -0.118. The van der Waals surface area contributed by atoms with Crippen LogP contribution in [-0.4, -0.2) is 5.78 Å². The van der Waals surface area contributed by atoms with Crippen LogP contribution in [0, 0.1) is 12.3 Å². The molecule has 0 amide bonds. The molecule has 0 saturated carbocycles. The Kier molecular flexibility index (Phi) is 4.28. The predicted molar refractivity (Wildman–Crippen MR) is 68.6 cm³/mol. The topological polar surface area (TPSA) is 17.1 Å². The molecule has 0 atom stereocenters. The first-order valence-corrected chi connectivity index (χ1v) is 5.94. The van der Waals surface area contributed by atoms with E-state index in [0.717, 1.165) is 12.0 Å². The van der Waals surface area contributed by atoms with Gasteiger partial charge in [0.05, 0.1) is 0 Å². The van der Waals surface area contributed by atoms with Gasteiger partial charge in [-0.1, -0.05) is 50.6 Å². The van der Waals surface area contributed by atoms with Crippen molar-refractivity contribution in [3.8, 4) is 0 Å². The minimum absolute atomic E-state index is 0.253. The minimum atomic E-state index is 0.253. The van der Waals surface area contributed by atoms with Crippen molar-refractivity contribution < 1.29 is 4.79 Å². The molecule has 0 aromatic heterocycles. The maximum Gasteiger partial charge on any atom is 0.137 e. The van der Waals surface area contributed by atoms with Crippen molar-refractivity contribution in [2.75, 3.05) is 0 Å². The Morgan fingerprint density at radius 1 is 1.12 bits per heavy atom. The highest BCUT2D eigenvalue weighted by Crippen LogP contribution is 2.21. The Hall–Kier alpha value is -1.11. The molecule has 0 radical (unpaired) electrons. The zero-order valence-corrected chi connectivity index (χ0v) is 10.8. The van der Waals surface area contributed by atoms with Gasteiger partial charge in [-0.05, 0) is 24.3 Å². The van der Waals surface area contributed by atoms with Crippen molar-refractivity contribution in [2.24, 2.45) is 5.41 Å². The lowest BCUT2D eigenvalue weighted by Crippen LogP contribution is -2.10. The van der Waals surface area contributed by atoms with E-state index in [1.165, 1.54) is 5.56 Å². The smallest absolute Gasteiger partial charge is 0.137 e. The van der Waals surface area contributed by atoms with Gasteiger partial charge in [0.2, 0.25) is 0 Å². The number of hydrogen-bond donors (Lipinski definition) is 0. The van der Waals surface area contributed by atoms with E-state index in [9.17, 15) is 4.79 Å². The lowest BCUT2D eigenvalue weighted by atomic mass is 9.89. The first-order chi connectivity index (χ1) is 7.37. The largest absolute Gasteiger partial charge is 0.299 e. The van der Waals surface area contributed by atoms with Gasteiger partial charge in [-0.2, -0.15) is 0 Å². The summed E-state index contributed by atoms with van der Waals surface area (Å²) in [4.78, 5) is 11.7. The normalized spacial score (nSPS) is 11.5. The summed E-state index contributed by atoms with van der Waals surface area (Å²) >= 11 is 0. The van der Waals surface area contributed by atoms with E-state index in [-0.39, 0.29) is 5.41 Å². The number of carbonyl (C=O) groups excluding carboxylic acids is 1. The van der Waals surface area contributed by atoms with E-state index in [4.69, 9.17) is 0 Å². The molecule has 0 N–H and O–H groups in total. The SMILES string of the molecule is Cc1ccc(CC(=O)CCC(C)(C)C)cc1. The first kappa shape index (κ1) is 13.0. The Morgan fingerprint density at radius 2 is 1.69 bits per heavy atom. The van der Waals surface area contributed by atoms with Crippen molar-refractivity contribution >= 4 is 5.78 Å². The highest BCUT2D eigenvalue weighted by molar-refractivity contribution is 5.80. The van der Waals surface area contributed by atoms with Crippen LogP contribution in [0.4, 0.5) is 0 Å². The monoisotopic (exact) mass is 218 g/mol. The molecule has 16 heavy (non-hydrogen) atoms. The van der Waals surface area contributed by atoms with Gasteiger partial charge in [-0.3, -0.25) is 4.79 Å². The fourth-order valence-electron chi connectivity index (χ4n) is 1.54. The third kappa shape index (κ3) is 5.11. The van der Waals surface area contributed by atoms with Crippen LogP contribution in [0.5, 0.6) is 0 Å². The van der Waals surface area contributed by atoms with Crippen LogP contribution in [0.1, 0.15) is 44.7 Å². The van der Waals surface area contributed by atoms with Crippen LogP contribution in [0.2, 0.25) is 0 Å². The second kappa shape index (κ2) is 5.29. The maximum atomic E-state index is 11.7. The zero-order valence-electron chi connectivity index (χ0n) is 10.8. The van der Waals surface area contributed by atoms with Gasteiger partial charge in [-0.25, -0.2) is 0 Å². The van der Waals surface area contributed by atoms with Crippen LogP contribution in [0.25, 0.3) is 0 Å². The summed E-state index contributed by atoms with van der Waals surface area (Å²) in [6, 6.07) is 8.22. The number of hydrogen-bond acceptors (Lipinski definition) is 1. The van der Waals surface area contributed by atoms with Crippen LogP contribution < -0.4 is 0 Å². The third-order valence-electron chi connectivity index (χ3n) is 2.68. The molecule has 1 aromatic carbocycles. The molecule has 0 saturated heterocycles. The molecular weight excluding hydrogens is 196 g/mol. The highest BCUT2D eigenvalue weighted by atomic mass is 16.1. The van der Waals surface area contributed by atoms with Crippen LogP contribution in [0.15, 0.2) is 24.3 Å². The molecule has 0 spiro atoms. The summed E-state index contributed by atoms with van der Waals surface area (Å²) < 4.78 is 0. The molecule has 0 fully saturated rings. The van der Waals surface area contributed by atoms with Gasteiger partial charge in [0, 0.05) is 12.8 Å². The molecule has 0 unspecified atom stereocenters. The Balaban J connectivity index is 2.43. The number of rotatable bonds is 4. The van der Waals surface area contributed by atoms with Crippen molar-refractivity contribution in [3.63, 3.8) is 0 Å². The van der Waals surface area contributed by atoms with E-state index in [0.29, 0.717) is 18.6 Å². The van der Waals surface area contributed by atoms with E-state index < -0.39 is 0 Å². The standard InChI is InChI=1S/C15H22O/c1-12-5-7-13(8-6-12)11-14(16)9-10-15(2,3)4/h5-8H,9-11H2,1-4H3.